The van der Waals surface area contributed by atoms with Crippen LogP contribution in [-0.2, 0) is 0 Å². The van der Waals surface area contributed by atoms with Crippen molar-refractivity contribution in [1.29, 1.82) is 0 Å². The van der Waals surface area contributed by atoms with Crippen molar-refractivity contribution < 1.29 is 0 Å². The Labute approximate surface area is 61.1 Å². The molecule has 1 aliphatic heterocycles. The summed E-state index contributed by atoms with van der Waals surface area (Å²) in [5, 5.41) is 4.13. The topological polar surface area (TPSA) is 24.4 Å². The van der Waals surface area contributed by atoms with Gasteiger partial charge in [-0.1, -0.05) is 0 Å². The van der Waals surface area contributed by atoms with Crippen LogP contribution in [0.2, 0.25) is 0 Å². The lowest BCUT2D eigenvalue weighted by Crippen LogP contribution is -2.00. The molecule has 1 N–H and O–H groups in total. The Morgan fingerprint density at radius 2 is 2.44 bits per heavy atom. The van der Waals surface area contributed by atoms with Crippen molar-refractivity contribution >= 4 is 35.3 Å². The van der Waals surface area contributed by atoms with Gasteiger partial charge in [0.2, 0.25) is 0 Å². The summed E-state index contributed by atoms with van der Waals surface area (Å²) in [7, 11) is 0. The Hall–Kier alpha value is -0.480. The molecular weight excluding hydrogens is 152 g/mol. The SMILES string of the molecule is C1=Nc2cscc2SN1. The summed E-state index contributed by atoms with van der Waals surface area (Å²) in [5.74, 6) is 0. The predicted octanol–water partition coefficient (Wildman–Crippen LogP) is 2.02. The maximum Gasteiger partial charge on any atom is 0.0988 e. The van der Waals surface area contributed by atoms with Gasteiger partial charge in [-0.25, -0.2) is 4.99 Å². The summed E-state index contributed by atoms with van der Waals surface area (Å²) in [4.78, 5) is 5.33. The van der Waals surface area contributed by atoms with Crippen LogP contribution in [0.15, 0.2) is 20.6 Å². The molecule has 1 aromatic heterocycles. The van der Waals surface area contributed by atoms with E-state index >= 15 is 0 Å². The van der Waals surface area contributed by atoms with Gasteiger partial charge >= 0.3 is 0 Å². The van der Waals surface area contributed by atoms with Crippen LogP contribution in [0, 0.1) is 0 Å². The number of hydrogen-bond acceptors (Lipinski definition) is 4. The molecule has 0 amide bonds. The Balaban J connectivity index is 2.53. The number of thiophene rings is 1. The molecule has 0 spiro atoms. The van der Waals surface area contributed by atoms with E-state index in [2.05, 4.69) is 15.1 Å². The van der Waals surface area contributed by atoms with Crippen molar-refractivity contribution in [2.75, 3.05) is 0 Å². The highest BCUT2D eigenvalue weighted by Crippen LogP contribution is 2.32. The first-order chi connectivity index (χ1) is 4.47. The third-order valence-electron chi connectivity index (χ3n) is 1.03. The lowest BCUT2D eigenvalue weighted by atomic mass is 10.5. The highest BCUT2D eigenvalue weighted by atomic mass is 32.2. The Morgan fingerprint density at radius 3 is 3.33 bits per heavy atom. The van der Waals surface area contributed by atoms with E-state index in [-0.39, 0.29) is 0 Å². The maximum absolute atomic E-state index is 4.11. The minimum atomic E-state index is 1.09. The van der Waals surface area contributed by atoms with E-state index in [0.717, 1.165) is 5.69 Å². The number of rotatable bonds is 0. The van der Waals surface area contributed by atoms with E-state index in [9.17, 15) is 0 Å². The molecule has 2 heterocycles. The molecule has 0 radical (unpaired) electrons. The average Bonchev–Trinajstić information content (AvgIpc) is 2.33. The molecule has 0 unspecified atom stereocenters. The minimum absolute atomic E-state index is 1.09. The van der Waals surface area contributed by atoms with Crippen molar-refractivity contribution in [1.82, 2.24) is 4.72 Å². The van der Waals surface area contributed by atoms with Crippen molar-refractivity contribution in [3.63, 3.8) is 0 Å². The van der Waals surface area contributed by atoms with E-state index in [4.69, 9.17) is 0 Å². The normalized spacial score (nSPS) is 14.7. The van der Waals surface area contributed by atoms with E-state index in [1.54, 1.807) is 29.6 Å². The van der Waals surface area contributed by atoms with Crippen molar-refractivity contribution in [3.8, 4) is 0 Å². The van der Waals surface area contributed by atoms with Crippen LogP contribution in [0.3, 0.4) is 0 Å². The van der Waals surface area contributed by atoms with Crippen molar-refractivity contribution in [3.05, 3.63) is 10.8 Å². The van der Waals surface area contributed by atoms with E-state index < -0.39 is 0 Å². The zero-order valence-electron chi connectivity index (χ0n) is 4.50. The molecule has 0 atom stereocenters. The van der Waals surface area contributed by atoms with Gasteiger partial charge in [0.15, 0.2) is 0 Å². The standard InChI is InChI=1S/C5H4N2S2/c1-4-5(2-8-1)9-7-3-6-4/h1-3H,(H,6,7). The highest BCUT2D eigenvalue weighted by Gasteiger charge is 2.04. The van der Waals surface area contributed by atoms with Crippen molar-refractivity contribution in [2.45, 2.75) is 4.90 Å². The molecule has 0 saturated carbocycles. The first-order valence-corrected chi connectivity index (χ1v) is 4.24. The molecule has 2 nitrogen and oxygen atoms in total. The summed E-state index contributed by atoms with van der Waals surface area (Å²) in [6, 6.07) is 0. The molecule has 4 heteroatoms. The van der Waals surface area contributed by atoms with E-state index in [0.29, 0.717) is 0 Å². The number of aliphatic imine (C=N–C) groups is 1. The Bertz CT molecular complexity index is 241. The molecule has 0 aliphatic carbocycles. The van der Waals surface area contributed by atoms with Crippen molar-refractivity contribution in [2.24, 2.45) is 4.99 Å². The molecule has 2 rings (SSSR count). The highest BCUT2D eigenvalue weighted by molar-refractivity contribution is 7.98. The minimum Gasteiger partial charge on any atom is -0.316 e. The smallest absolute Gasteiger partial charge is 0.0988 e. The van der Waals surface area contributed by atoms with Gasteiger partial charge in [0.25, 0.3) is 0 Å². The second-order valence-electron chi connectivity index (χ2n) is 1.60. The second-order valence-corrected chi connectivity index (χ2v) is 3.22. The molecule has 1 aromatic rings. The van der Waals surface area contributed by atoms with Crippen LogP contribution in [-0.4, -0.2) is 6.34 Å². The monoisotopic (exact) mass is 156 g/mol. The van der Waals surface area contributed by atoms with Gasteiger partial charge in [-0.15, -0.1) is 11.3 Å². The summed E-state index contributed by atoms with van der Waals surface area (Å²) in [6.07, 6.45) is 1.71. The molecule has 9 heavy (non-hydrogen) atoms. The van der Waals surface area contributed by atoms with Gasteiger partial charge < -0.3 is 4.72 Å². The Kier molecular flexibility index (Phi) is 1.20. The molecule has 46 valence electrons. The first kappa shape index (κ1) is 5.32. The van der Waals surface area contributed by atoms with Crippen LogP contribution in [0.25, 0.3) is 0 Å². The molecular formula is C5H4N2S2. The van der Waals surface area contributed by atoms with E-state index in [1.165, 1.54) is 4.90 Å². The number of nitrogens with one attached hydrogen (secondary N) is 1. The summed E-state index contributed by atoms with van der Waals surface area (Å²) < 4.78 is 2.96. The largest absolute Gasteiger partial charge is 0.316 e. The summed E-state index contributed by atoms with van der Waals surface area (Å²) >= 11 is 3.29. The zero-order chi connectivity index (χ0) is 6.10. The quantitative estimate of drug-likeness (QED) is 0.581. The van der Waals surface area contributed by atoms with Gasteiger partial charge in [0.05, 0.1) is 16.9 Å². The number of fused-ring (bicyclic) bond motifs is 1. The molecule has 0 bridgehead atoms. The number of hydrogen-bond donors (Lipinski definition) is 1. The third-order valence-corrected chi connectivity index (χ3v) is 2.68. The van der Waals surface area contributed by atoms with Crippen LogP contribution in [0.5, 0.6) is 0 Å². The lowest BCUT2D eigenvalue weighted by molar-refractivity contribution is 1.37. The molecule has 0 aromatic carbocycles. The fourth-order valence-electron chi connectivity index (χ4n) is 0.635. The number of nitrogens with zero attached hydrogens (tertiary/aromatic N) is 1. The Morgan fingerprint density at radius 1 is 1.44 bits per heavy atom. The average molecular weight is 156 g/mol. The zero-order valence-corrected chi connectivity index (χ0v) is 6.13. The maximum atomic E-state index is 4.11. The third kappa shape index (κ3) is 0.840. The van der Waals surface area contributed by atoms with Crippen LogP contribution < -0.4 is 4.72 Å². The molecule has 0 fully saturated rings. The second kappa shape index (κ2) is 2.04. The van der Waals surface area contributed by atoms with E-state index in [1.807, 2.05) is 5.38 Å². The van der Waals surface area contributed by atoms with Gasteiger partial charge in [-0.3, -0.25) is 0 Å². The lowest BCUT2D eigenvalue weighted by Gasteiger charge is -2.02. The van der Waals surface area contributed by atoms with Crippen LogP contribution in [0.1, 0.15) is 0 Å². The van der Waals surface area contributed by atoms with Gasteiger partial charge in [-0.2, -0.15) is 0 Å². The van der Waals surface area contributed by atoms with Gasteiger partial charge in [0, 0.05) is 10.8 Å². The van der Waals surface area contributed by atoms with Crippen LogP contribution >= 0.6 is 23.3 Å². The fourth-order valence-corrected chi connectivity index (χ4v) is 2.15. The molecule has 1 aliphatic rings. The van der Waals surface area contributed by atoms with Gasteiger partial charge in [0.1, 0.15) is 0 Å². The predicted molar refractivity (Wildman–Crippen MR) is 41.5 cm³/mol. The van der Waals surface area contributed by atoms with Gasteiger partial charge in [-0.05, 0) is 11.9 Å². The summed E-state index contributed by atoms with van der Waals surface area (Å²) in [5.41, 5.74) is 1.09. The first-order valence-electron chi connectivity index (χ1n) is 2.48. The fraction of sp³-hybridized carbons (Fsp3) is 0. The van der Waals surface area contributed by atoms with Crippen LogP contribution in [0.4, 0.5) is 5.69 Å². The summed E-state index contributed by atoms with van der Waals surface area (Å²) in [6.45, 7) is 0. The molecule has 0 saturated heterocycles.